The lowest BCUT2D eigenvalue weighted by atomic mass is 10.1. The summed E-state index contributed by atoms with van der Waals surface area (Å²) in [6.45, 7) is 0.453. The van der Waals surface area contributed by atoms with Gasteiger partial charge in [0.15, 0.2) is 5.82 Å². The average Bonchev–Trinajstić information content (AvgIpc) is 2.92. The number of ether oxygens (including phenoxy) is 1. The van der Waals surface area contributed by atoms with Gasteiger partial charge in [-0.05, 0) is 28.1 Å². The van der Waals surface area contributed by atoms with E-state index in [2.05, 4.69) is 15.5 Å². The molecule has 2 heterocycles. The Morgan fingerprint density at radius 2 is 2.17 bits per heavy atom. The van der Waals surface area contributed by atoms with E-state index in [1.54, 1.807) is 18.2 Å². The third kappa shape index (κ3) is 4.20. The van der Waals surface area contributed by atoms with E-state index in [0.717, 1.165) is 10.2 Å². The molecule has 3 rings (SSSR count). The quantitative estimate of drug-likeness (QED) is 0.907. The summed E-state index contributed by atoms with van der Waals surface area (Å²) in [5.41, 5.74) is 0.814. The molecule has 0 spiro atoms. The number of hydrogen-bond donors (Lipinski definition) is 1. The van der Waals surface area contributed by atoms with E-state index < -0.39 is 12.7 Å². The maximum atomic E-state index is 12.5. The number of rotatable bonds is 4. The topological polar surface area (TPSA) is 76.3 Å². The standard InChI is InChI=1S/C14H16F3N5O2/c15-14(16,17)9-22-13(18-19-20-22)8-21-4-5-24-12(7-21)10-2-1-3-11(23)6-10/h1-3,6,12,23H,4-5,7-9H2/t12-/m0/s1. The number of aromatic hydroxyl groups is 1. The van der Waals surface area contributed by atoms with Gasteiger partial charge in [-0.1, -0.05) is 12.1 Å². The Kier molecular flexibility index (Phi) is 4.67. The minimum Gasteiger partial charge on any atom is -0.508 e. The first-order chi connectivity index (χ1) is 11.4. The Balaban J connectivity index is 1.67. The van der Waals surface area contributed by atoms with Gasteiger partial charge >= 0.3 is 6.18 Å². The van der Waals surface area contributed by atoms with Crippen molar-refractivity contribution in [3.8, 4) is 5.75 Å². The molecule has 1 aliphatic heterocycles. The summed E-state index contributed by atoms with van der Waals surface area (Å²) in [6, 6.07) is 6.73. The molecule has 0 radical (unpaired) electrons. The molecule has 0 amide bonds. The van der Waals surface area contributed by atoms with Gasteiger partial charge in [0.1, 0.15) is 12.3 Å². The molecule has 7 nitrogen and oxygen atoms in total. The van der Waals surface area contributed by atoms with Gasteiger partial charge in [-0.3, -0.25) is 4.90 Å². The third-order valence-electron chi connectivity index (χ3n) is 3.69. The number of morpholine rings is 1. The van der Waals surface area contributed by atoms with Crippen LogP contribution >= 0.6 is 0 Å². The highest BCUT2D eigenvalue weighted by Crippen LogP contribution is 2.25. The lowest BCUT2D eigenvalue weighted by Crippen LogP contribution is -2.38. The van der Waals surface area contributed by atoms with Crippen LogP contribution in [0.1, 0.15) is 17.5 Å². The van der Waals surface area contributed by atoms with Crippen molar-refractivity contribution >= 4 is 0 Å². The summed E-state index contributed by atoms with van der Waals surface area (Å²) in [6.07, 6.45) is -4.64. The van der Waals surface area contributed by atoms with Gasteiger partial charge in [-0.2, -0.15) is 13.2 Å². The molecule has 24 heavy (non-hydrogen) atoms. The van der Waals surface area contributed by atoms with Crippen molar-refractivity contribution in [3.05, 3.63) is 35.7 Å². The average molecular weight is 343 g/mol. The summed E-state index contributed by atoms with van der Waals surface area (Å²) in [7, 11) is 0. The predicted octanol–water partition coefficient (Wildman–Crippen LogP) is 1.51. The smallest absolute Gasteiger partial charge is 0.408 e. The minimum atomic E-state index is -4.38. The first kappa shape index (κ1) is 16.7. The van der Waals surface area contributed by atoms with Crippen LogP contribution in [0.4, 0.5) is 13.2 Å². The largest absolute Gasteiger partial charge is 0.508 e. The van der Waals surface area contributed by atoms with Gasteiger partial charge in [0.05, 0.1) is 19.3 Å². The second-order valence-electron chi connectivity index (χ2n) is 5.56. The molecule has 0 unspecified atom stereocenters. The second kappa shape index (κ2) is 6.73. The van der Waals surface area contributed by atoms with Crippen LogP contribution in [-0.2, 0) is 17.8 Å². The Morgan fingerprint density at radius 1 is 1.33 bits per heavy atom. The fourth-order valence-corrected chi connectivity index (χ4v) is 2.60. The van der Waals surface area contributed by atoms with Gasteiger partial charge in [0, 0.05) is 13.1 Å². The van der Waals surface area contributed by atoms with Crippen molar-refractivity contribution in [3.63, 3.8) is 0 Å². The molecule has 1 fully saturated rings. The monoisotopic (exact) mass is 343 g/mol. The first-order valence-corrected chi connectivity index (χ1v) is 7.35. The molecule has 0 saturated carbocycles. The number of alkyl halides is 3. The van der Waals surface area contributed by atoms with Crippen molar-refractivity contribution in [2.45, 2.75) is 25.4 Å². The van der Waals surface area contributed by atoms with E-state index in [-0.39, 0.29) is 24.2 Å². The van der Waals surface area contributed by atoms with Gasteiger partial charge in [0.25, 0.3) is 0 Å². The number of phenols is 1. The summed E-state index contributed by atoms with van der Waals surface area (Å²) >= 11 is 0. The molecular weight excluding hydrogens is 327 g/mol. The van der Waals surface area contributed by atoms with Crippen molar-refractivity contribution in [1.29, 1.82) is 0 Å². The highest BCUT2D eigenvalue weighted by atomic mass is 19.4. The fourth-order valence-electron chi connectivity index (χ4n) is 2.60. The molecule has 2 aromatic rings. The third-order valence-corrected chi connectivity index (χ3v) is 3.69. The zero-order chi connectivity index (χ0) is 17.2. The van der Waals surface area contributed by atoms with E-state index in [9.17, 15) is 18.3 Å². The molecule has 1 atom stereocenters. The van der Waals surface area contributed by atoms with Crippen LogP contribution in [-0.4, -0.2) is 56.1 Å². The number of hydrogen-bond acceptors (Lipinski definition) is 6. The maximum Gasteiger partial charge on any atom is 0.408 e. The van der Waals surface area contributed by atoms with Gasteiger partial charge in [-0.25, -0.2) is 4.68 Å². The summed E-state index contributed by atoms with van der Waals surface area (Å²) in [5, 5.41) is 20.0. The van der Waals surface area contributed by atoms with Crippen LogP contribution in [0.3, 0.4) is 0 Å². The summed E-state index contributed by atoms with van der Waals surface area (Å²) in [5.74, 6) is 0.297. The molecule has 1 aromatic heterocycles. The van der Waals surface area contributed by atoms with Crippen LogP contribution in [0.2, 0.25) is 0 Å². The van der Waals surface area contributed by atoms with Crippen molar-refractivity contribution < 1.29 is 23.0 Å². The summed E-state index contributed by atoms with van der Waals surface area (Å²) in [4.78, 5) is 1.93. The molecule has 1 saturated heterocycles. The van der Waals surface area contributed by atoms with Gasteiger partial charge in [0.2, 0.25) is 0 Å². The van der Waals surface area contributed by atoms with E-state index in [4.69, 9.17) is 4.74 Å². The predicted molar refractivity (Wildman–Crippen MR) is 75.9 cm³/mol. The number of benzene rings is 1. The highest BCUT2D eigenvalue weighted by molar-refractivity contribution is 5.29. The van der Waals surface area contributed by atoms with Crippen molar-refractivity contribution in [2.75, 3.05) is 19.7 Å². The Bertz CT molecular complexity index is 691. The lowest BCUT2D eigenvalue weighted by molar-refractivity contribution is -0.143. The Hall–Kier alpha value is -2.20. The molecule has 0 bridgehead atoms. The maximum absolute atomic E-state index is 12.5. The minimum absolute atomic E-state index is 0.141. The Morgan fingerprint density at radius 3 is 2.92 bits per heavy atom. The fraction of sp³-hybridized carbons (Fsp3) is 0.500. The van der Waals surface area contributed by atoms with E-state index in [1.165, 1.54) is 0 Å². The number of nitrogens with zero attached hydrogens (tertiary/aromatic N) is 5. The molecular formula is C14H16F3N5O2. The van der Waals surface area contributed by atoms with E-state index >= 15 is 0 Å². The molecule has 1 N–H and O–H groups in total. The number of tetrazole rings is 1. The van der Waals surface area contributed by atoms with E-state index in [0.29, 0.717) is 19.7 Å². The number of aromatic nitrogens is 4. The zero-order valence-electron chi connectivity index (χ0n) is 12.6. The van der Waals surface area contributed by atoms with Crippen LogP contribution in [0, 0.1) is 0 Å². The number of phenolic OH excluding ortho intramolecular Hbond substituents is 1. The zero-order valence-corrected chi connectivity index (χ0v) is 12.6. The molecule has 1 aromatic carbocycles. The van der Waals surface area contributed by atoms with Gasteiger partial charge in [-0.15, -0.1) is 5.10 Å². The Labute approximate surface area is 135 Å². The molecule has 0 aliphatic carbocycles. The van der Waals surface area contributed by atoms with Crippen molar-refractivity contribution in [2.24, 2.45) is 0 Å². The van der Waals surface area contributed by atoms with Gasteiger partial charge < -0.3 is 9.84 Å². The first-order valence-electron chi connectivity index (χ1n) is 7.35. The van der Waals surface area contributed by atoms with E-state index in [1.807, 2.05) is 11.0 Å². The number of halogens is 3. The second-order valence-corrected chi connectivity index (χ2v) is 5.56. The summed E-state index contributed by atoms with van der Waals surface area (Å²) < 4.78 is 44.0. The molecule has 1 aliphatic rings. The molecule has 10 heteroatoms. The van der Waals surface area contributed by atoms with Crippen LogP contribution in [0.25, 0.3) is 0 Å². The van der Waals surface area contributed by atoms with Crippen molar-refractivity contribution in [1.82, 2.24) is 25.1 Å². The lowest BCUT2D eigenvalue weighted by Gasteiger charge is -2.32. The highest BCUT2D eigenvalue weighted by Gasteiger charge is 2.31. The normalized spacial score (nSPS) is 19.5. The SMILES string of the molecule is Oc1cccc([C@@H]2CN(Cc3nnnn3CC(F)(F)F)CCO2)c1. The van der Waals surface area contributed by atoms with Crippen LogP contribution in [0.15, 0.2) is 24.3 Å². The van der Waals surface area contributed by atoms with Crippen LogP contribution < -0.4 is 0 Å². The molecule has 130 valence electrons. The van der Waals surface area contributed by atoms with Crippen LogP contribution in [0.5, 0.6) is 5.75 Å².